The summed E-state index contributed by atoms with van der Waals surface area (Å²) >= 11 is 0. The normalized spacial score (nSPS) is 12.3. The average Bonchev–Trinajstić information content (AvgIpc) is 2.25. The Morgan fingerprint density at radius 1 is 1.20 bits per heavy atom. The second-order valence-corrected chi connectivity index (χ2v) is 3.58. The SMILES string of the molecule is COc1ccc(CC[C@H](C)O)cc1OC. The summed E-state index contributed by atoms with van der Waals surface area (Å²) in [6, 6.07) is 5.82. The summed E-state index contributed by atoms with van der Waals surface area (Å²) in [5, 5.41) is 9.19. The highest BCUT2D eigenvalue weighted by molar-refractivity contribution is 5.42. The molecule has 0 aliphatic heterocycles. The fraction of sp³-hybridized carbons (Fsp3) is 0.500. The number of aryl methyl sites for hydroxylation is 1. The Balaban J connectivity index is 2.74. The van der Waals surface area contributed by atoms with Crippen LogP contribution in [0.5, 0.6) is 11.5 Å². The fourth-order valence-corrected chi connectivity index (χ4v) is 1.41. The van der Waals surface area contributed by atoms with Gasteiger partial charge in [-0.05, 0) is 37.5 Å². The van der Waals surface area contributed by atoms with Crippen molar-refractivity contribution in [2.75, 3.05) is 14.2 Å². The molecular weight excluding hydrogens is 192 g/mol. The van der Waals surface area contributed by atoms with Gasteiger partial charge >= 0.3 is 0 Å². The fourth-order valence-electron chi connectivity index (χ4n) is 1.41. The standard InChI is InChI=1S/C12H18O3/c1-9(13)4-5-10-6-7-11(14-2)12(8-10)15-3/h6-9,13H,4-5H2,1-3H3/t9-/m0/s1. The lowest BCUT2D eigenvalue weighted by Gasteiger charge is -2.10. The molecule has 15 heavy (non-hydrogen) atoms. The third-order valence-electron chi connectivity index (χ3n) is 2.30. The van der Waals surface area contributed by atoms with E-state index >= 15 is 0 Å². The summed E-state index contributed by atoms with van der Waals surface area (Å²) in [5.74, 6) is 1.47. The molecule has 1 N–H and O–H groups in total. The lowest BCUT2D eigenvalue weighted by molar-refractivity contribution is 0.185. The Hall–Kier alpha value is -1.22. The molecule has 0 radical (unpaired) electrons. The molecule has 3 nitrogen and oxygen atoms in total. The predicted molar refractivity (Wildman–Crippen MR) is 59.5 cm³/mol. The topological polar surface area (TPSA) is 38.7 Å². The molecule has 84 valence electrons. The Kier molecular flexibility index (Phi) is 4.43. The quantitative estimate of drug-likeness (QED) is 0.808. The monoisotopic (exact) mass is 210 g/mol. The zero-order chi connectivity index (χ0) is 11.3. The minimum atomic E-state index is -0.266. The van der Waals surface area contributed by atoms with Crippen LogP contribution in [0.3, 0.4) is 0 Å². The van der Waals surface area contributed by atoms with Crippen molar-refractivity contribution in [3.05, 3.63) is 23.8 Å². The second kappa shape index (κ2) is 5.61. The van der Waals surface area contributed by atoms with E-state index in [1.165, 1.54) is 0 Å². The second-order valence-electron chi connectivity index (χ2n) is 3.58. The van der Waals surface area contributed by atoms with Gasteiger partial charge in [-0.25, -0.2) is 0 Å². The average molecular weight is 210 g/mol. The predicted octanol–water partition coefficient (Wildman–Crippen LogP) is 2.02. The van der Waals surface area contributed by atoms with Crippen LogP contribution < -0.4 is 9.47 Å². The molecule has 0 saturated heterocycles. The molecule has 1 atom stereocenters. The molecule has 3 heteroatoms. The zero-order valence-electron chi connectivity index (χ0n) is 9.49. The number of benzene rings is 1. The third-order valence-corrected chi connectivity index (χ3v) is 2.30. The molecule has 0 unspecified atom stereocenters. The van der Waals surface area contributed by atoms with Crippen molar-refractivity contribution in [1.82, 2.24) is 0 Å². The van der Waals surface area contributed by atoms with Gasteiger partial charge in [-0.1, -0.05) is 6.07 Å². The third kappa shape index (κ3) is 3.44. The summed E-state index contributed by atoms with van der Waals surface area (Å²) in [7, 11) is 3.24. The molecule has 0 aliphatic rings. The van der Waals surface area contributed by atoms with E-state index in [2.05, 4.69) is 0 Å². The van der Waals surface area contributed by atoms with E-state index in [-0.39, 0.29) is 6.10 Å². The highest BCUT2D eigenvalue weighted by atomic mass is 16.5. The van der Waals surface area contributed by atoms with Gasteiger partial charge in [0.05, 0.1) is 20.3 Å². The molecule has 0 spiro atoms. The summed E-state index contributed by atoms with van der Waals surface area (Å²) < 4.78 is 10.3. The van der Waals surface area contributed by atoms with E-state index in [9.17, 15) is 5.11 Å². The minimum Gasteiger partial charge on any atom is -0.493 e. The van der Waals surface area contributed by atoms with Gasteiger partial charge in [-0.3, -0.25) is 0 Å². The highest BCUT2D eigenvalue weighted by Crippen LogP contribution is 2.27. The van der Waals surface area contributed by atoms with Gasteiger partial charge in [0.1, 0.15) is 0 Å². The van der Waals surface area contributed by atoms with Crippen molar-refractivity contribution < 1.29 is 14.6 Å². The zero-order valence-corrected chi connectivity index (χ0v) is 9.49. The van der Waals surface area contributed by atoms with Gasteiger partial charge in [0.2, 0.25) is 0 Å². The number of hydrogen-bond donors (Lipinski definition) is 1. The van der Waals surface area contributed by atoms with Crippen LogP contribution >= 0.6 is 0 Å². The molecule has 0 bridgehead atoms. The number of rotatable bonds is 5. The first-order valence-corrected chi connectivity index (χ1v) is 5.06. The van der Waals surface area contributed by atoms with Gasteiger partial charge in [0, 0.05) is 0 Å². The van der Waals surface area contributed by atoms with E-state index in [4.69, 9.17) is 9.47 Å². The maximum absolute atomic E-state index is 9.19. The first-order valence-electron chi connectivity index (χ1n) is 5.06. The van der Waals surface area contributed by atoms with Crippen LogP contribution in [0.1, 0.15) is 18.9 Å². The molecule has 1 aromatic rings. The Bertz CT molecular complexity index is 308. The molecule has 0 amide bonds. The summed E-state index contributed by atoms with van der Waals surface area (Å²) in [5.41, 5.74) is 1.15. The van der Waals surface area contributed by atoms with E-state index < -0.39 is 0 Å². The summed E-state index contributed by atoms with van der Waals surface area (Å²) in [6.45, 7) is 1.79. The maximum Gasteiger partial charge on any atom is 0.160 e. The number of aliphatic hydroxyl groups excluding tert-OH is 1. The van der Waals surface area contributed by atoms with Crippen LogP contribution in [0.4, 0.5) is 0 Å². The molecule has 0 saturated carbocycles. The van der Waals surface area contributed by atoms with E-state index in [1.807, 2.05) is 18.2 Å². The number of aliphatic hydroxyl groups is 1. The van der Waals surface area contributed by atoms with Crippen LogP contribution in [0, 0.1) is 0 Å². The Morgan fingerprint density at radius 3 is 2.40 bits per heavy atom. The number of ether oxygens (including phenoxy) is 2. The van der Waals surface area contributed by atoms with Gasteiger partial charge in [0.25, 0.3) is 0 Å². The first kappa shape index (κ1) is 11.9. The Morgan fingerprint density at radius 2 is 1.87 bits per heavy atom. The van der Waals surface area contributed by atoms with Crippen LogP contribution in [0.15, 0.2) is 18.2 Å². The number of hydrogen-bond acceptors (Lipinski definition) is 3. The smallest absolute Gasteiger partial charge is 0.160 e. The Labute approximate surface area is 90.6 Å². The first-order chi connectivity index (χ1) is 7.17. The molecule has 1 rings (SSSR count). The van der Waals surface area contributed by atoms with Crippen LogP contribution in [0.25, 0.3) is 0 Å². The minimum absolute atomic E-state index is 0.266. The molecule has 0 fully saturated rings. The van der Waals surface area contributed by atoms with Crippen molar-refractivity contribution in [2.24, 2.45) is 0 Å². The van der Waals surface area contributed by atoms with Crippen LogP contribution in [-0.4, -0.2) is 25.4 Å². The van der Waals surface area contributed by atoms with Crippen molar-refractivity contribution in [1.29, 1.82) is 0 Å². The summed E-state index contributed by atoms with van der Waals surface area (Å²) in [4.78, 5) is 0. The lowest BCUT2D eigenvalue weighted by Crippen LogP contribution is -2.01. The van der Waals surface area contributed by atoms with E-state index in [1.54, 1.807) is 21.1 Å². The molecule has 0 heterocycles. The largest absolute Gasteiger partial charge is 0.493 e. The number of methoxy groups -OCH3 is 2. The maximum atomic E-state index is 9.19. The molecular formula is C12H18O3. The van der Waals surface area contributed by atoms with Crippen molar-refractivity contribution in [2.45, 2.75) is 25.9 Å². The van der Waals surface area contributed by atoms with Gasteiger partial charge in [-0.15, -0.1) is 0 Å². The van der Waals surface area contributed by atoms with E-state index in [0.29, 0.717) is 0 Å². The van der Waals surface area contributed by atoms with Crippen LogP contribution in [0.2, 0.25) is 0 Å². The van der Waals surface area contributed by atoms with Crippen molar-refractivity contribution >= 4 is 0 Å². The molecule has 0 aromatic heterocycles. The van der Waals surface area contributed by atoms with Gasteiger partial charge in [-0.2, -0.15) is 0 Å². The molecule has 1 aromatic carbocycles. The van der Waals surface area contributed by atoms with Crippen molar-refractivity contribution in [3.63, 3.8) is 0 Å². The van der Waals surface area contributed by atoms with Crippen molar-refractivity contribution in [3.8, 4) is 11.5 Å². The van der Waals surface area contributed by atoms with Gasteiger partial charge < -0.3 is 14.6 Å². The van der Waals surface area contributed by atoms with Gasteiger partial charge in [0.15, 0.2) is 11.5 Å². The molecule has 0 aliphatic carbocycles. The van der Waals surface area contributed by atoms with Crippen LogP contribution in [-0.2, 0) is 6.42 Å². The lowest BCUT2D eigenvalue weighted by atomic mass is 10.1. The van der Waals surface area contributed by atoms with E-state index in [0.717, 1.165) is 29.9 Å². The summed E-state index contributed by atoms with van der Waals surface area (Å²) in [6.07, 6.45) is 1.34. The highest BCUT2D eigenvalue weighted by Gasteiger charge is 2.05.